The molecule has 2 aliphatic rings. The largest absolute Gasteiger partial charge is 0.383 e. The van der Waals surface area contributed by atoms with Crippen LogP contribution in [0, 0.1) is 18.8 Å². The van der Waals surface area contributed by atoms with Crippen molar-refractivity contribution in [1.82, 2.24) is 9.78 Å². The van der Waals surface area contributed by atoms with E-state index in [2.05, 4.69) is 5.10 Å². The normalized spacial score (nSPS) is 29.7. The monoisotopic (exact) mass is 437 g/mol. The molecular weight excluding hydrogens is 412 g/mol. The second-order valence-corrected chi connectivity index (χ2v) is 10.2. The minimum absolute atomic E-state index is 0.00791. The minimum Gasteiger partial charge on any atom is -0.383 e. The van der Waals surface area contributed by atoms with Gasteiger partial charge in [-0.25, -0.2) is 4.21 Å². The molecule has 1 heterocycles. The van der Waals surface area contributed by atoms with E-state index in [1.54, 1.807) is 19.2 Å². The average Bonchev–Trinajstić information content (AvgIpc) is 3.32. The Hall–Kier alpha value is -2.13. The van der Waals surface area contributed by atoms with Crippen LogP contribution in [-0.2, 0) is 17.8 Å². The van der Waals surface area contributed by atoms with E-state index in [0.29, 0.717) is 30.4 Å². The molecule has 2 saturated carbocycles. The van der Waals surface area contributed by atoms with Gasteiger partial charge in [0.15, 0.2) is 6.29 Å². The number of fused-ring (bicyclic) bond motifs is 1. The molecule has 1 aromatic carbocycles. The lowest BCUT2D eigenvalue weighted by molar-refractivity contribution is -0.123. The number of nitrogens with zero attached hydrogens (tertiary/aromatic N) is 2. The Kier molecular flexibility index (Phi) is 5.09. The summed E-state index contributed by atoms with van der Waals surface area (Å²) in [7, 11) is -0.996. The van der Waals surface area contributed by atoms with E-state index in [1.807, 2.05) is 6.92 Å². The molecule has 0 amide bonds. The number of aliphatic hydroxyl groups is 1. The molecule has 0 bridgehead atoms. The van der Waals surface area contributed by atoms with Crippen molar-refractivity contribution in [3.05, 3.63) is 41.1 Å². The molecule has 162 valence electrons. The molecule has 3 N–H and O–H groups in total. The highest BCUT2D eigenvalue weighted by Crippen LogP contribution is 2.58. The van der Waals surface area contributed by atoms with Crippen molar-refractivity contribution >= 4 is 22.9 Å². The fourth-order valence-corrected chi connectivity index (χ4v) is 6.29. The van der Waals surface area contributed by atoms with E-state index in [9.17, 15) is 14.1 Å². The van der Waals surface area contributed by atoms with Crippen molar-refractivity contribution in [2.45, 2.75) is 54.3 Å². The molecule has 3 unspecified atom stereocenters. The first-order valence-electron chi connectivity index (χ1n) is 9.93. The standard InChI is InChI=1S/C21H25F2N3O3S/c1-12-3-5-16(6-4-12)30(29)21(22,23)20(28)9-14-7-13(8-15(14)10-20)18-17(11-27)19(24)26(2)25-18/h3-6,11,13-15,28H,7-10,24H2,1-2H3. The van der Waals surface area contributed by atoms with Crippen LogP contribution in [0.1, 0.15) is 53.2 Å². The van der Waals surface area contributed by atoms with Crippen LogP contribution < -0.4 is 5.73 Å². The molecule has 4 rings (SSSR count). The fourth-order valence-electron chi connectivity index (χ4n) is 5.10. The first-order chi connectivity index (χ1) is 14.1. The van der Waals surface area contributed by atoms with Crippen molar-refractivity contribution in [3.63, 3.8) is 0 Å². The molecule has 1 aromatic heterocycles. The summed E-state index contributed by atoms with van der Waals surface area (Å²) in [5.41, 5.74) is 5.40. The topological polar surface area (TPSA) is 98.2 Å². The minimum atomic E-state index is -3.76. The maximum Gasteiger partial charge on any atom is 0.353 e. The SMILES string of the molecule is Cc1ccc(S(=O)C(F)(F)C2(O)CC3CC(c4nn(C)c(N)c4C=O)CC3C2)cc1. The lowest BCUT2D eigenvalue weighted by atomic mass is 9.92. The fraction of sp³-hybridized carbons (Fsp3) is 0.524. The number of aryl methyl sites for hydroxylation is 2. The second-order valence-electron chi connectivity index (χ2n) is 8.65. The number of anilines is 1. The number of rotatable bonds is 5. The smallest absolute Gasteiger partial charge is 0.353 e. The van der Waals surface area contributed by atoms with Gasteiger partial charge in [0.1, 0.15) is 22.2 Å². The lowest BCUT2D eigenvalue weighted by Crippen LogP contribution is -2.49. The van der Waals surface area contributed by atoms with Crippen LogP contribution in [0.25, 0.3) is 0 Å². The summed E-state index contributed by atoms with van der Waals surface area (Å²) in [5.74, 6) is -0.0784. The number of alkyl halides is 2. The predicted octanol–water partition coefficient (Wildman–Crippen LogP) is 3.16. The molecule has 2 aliphatic carbocycles. The van der Waals surface area contributed by atoms with Crippen molar-refractivity contribution in [3.8, 4) is 0 Å². The summed E-state index contributed by atoms with van der Waals surface area (Å²) in [5, 5.41) is 11.5. The number of halogens is 2. The molecular formula is C21H25F2N3O3S. The lowest BCUT2D eigenvalue weighted by Gasteiger charge is -2.32. The summed E-state index contributed by atoms with van der Waals surface area (Å²) < 4.78 is 44.4. The van der Waals surface area contributed by atoms with Crippen molar-refractivity contribution in [2.24, 2.45) is 18.9 Å². The van der Waals surface area contributed by atoms with Crippen LogP contribution in [0.4, 0.5) is 14.6 Å². The summed E-state index contributed by atoms with van der Waals surface area (Å²) >= 11 is 0. The van der Waals surface area contributed by atoms with Gasteiger partial charge in [0.25, 0.3) is 0 Å². The van der Waals surface area contributed by atoms with E-state index in [4.69, 9.17) is 5.73 Å². The number of aldehydes is 1. The zero-order chi connectivity index (χ0) is 21.8. The highest BCUT2D eigenvalue weighted by Gasteiger charge is 2.64. The summed E-state index contributed by atoms with van der Waals surface area (Å²) in [6.45, 7) is 1.82. The molecule has 6 nitrogen and oxygen atoms in total. The van der Waals surface area contributed by atoms with Crippen molar-refractivity contribution in [1.29, 1.82) is 0 Å². The summed E-state index contributed by atoms with van der Waals surface area (Å²) in [4.78, 5) is 11.4. The molecule has 0 aliphatic heterocycles. The number of carbonyl (C=O) groups is 1. The Morgan fingerprint density at radius 3 is 2.37 bits per heavy atom. The molecule has 2 aromatic rings. The Morgan fingerprint density at radius 2 is 1.83 bits per heavy atom. The number of nitrogen functional groups attached to an aromatic ring is 1. The van der Waals surface area contributed by atoms with Gasteiger partial charge < -0.3 is 10.8 Å². The highest BCUT2D eigenvalue weighted by molar-refractivity contribution is 7.86. The first-order valence-corrected chi connectivity index (χ1v) is 11.1. The van der Waals surface area contributed by atoms with Crippen molar-refractivity contribution in [2.75, 3.05) is 5.73 Å². The maximum absolute atomic E-state index is 15.2. The Balaban J connectivity index is 1.52. The van der Waals surface area contributed by atoms with Crippen LogP contribution in [0.15, 0.2) is 29.2 Å². The first kappa shape index (κ1) is 21.1. The highest BCUT2D eigenvalue weighted by atomic mass is 32.2. The van der Waals surface area contributed by atoms with Crippen LogP contribution >= 0.6 is 0 Å². The molecule has 9 heteroatoms. The molecule has 0 radical (unpaired) electrons. The molecule has 2 fully saturated rings. The van der Waals surface area contributed by atoms with E-state index < -0.39 is 21.7 Å². The summed E-state index contributed by atoms with van der Waals surface area (Å²) in [6.07, 6.45) is 1.50. The van der Waals surface area contributed by atoms with Gasteiger partial charge in [-0.05, 0) is 56.6 Å². The molecule has 0 spiro atoms. The number of hydrogen-bond acceptors (Lipinski definition) is 5. The van der Waals surface area contributed by atoms with Gasteiger partial charge in [0.2, 0.25) is 0 Å². The van der Waals surface area contributed by atoms with Crippen LogP contribution in [-0.4, -0.2) is 36.2 Å². The number of hydrogen-bond donors (Lipinski definition) is 2. The Labute approximate surface area is 175 Å². The number of benzene rings is 1. The third-order valence-corrected chi connectivity index (χ3v) is 8.26. The van der Waals surface area contributed by atoms with Gasteiger partial charge in [-0.15, -0.1) is 0 Å². The van der Waals surface area contributed by atoms with Crippen LogP contribution in [0.5, 0.6) is 0 Å². The zero-order valence-corrected chi connectivity index (χ0v) is 17.7. The number of nitrogens with two attached hydrogens (primary N) is 1. The van der Waals surface area contributed by atoms with Crippen molar-refractivity contribution < 1.29 is 22.9 Å². The van der Waals surface area contributed by atoms with E-state index >= 15 is 8.78 Å². The third kappa shape index (κ3) is 3.19. The van der Waals surface area contributed by atoms with E-state index in [1.165, 1.54) is 16.8 Å². The number of carbonyl (C=O) groups excluding carboxylic acids is 1. The van der Waals surface area contributed by atoms with Crippen LogP contribution in [0.2, 0.25) is 0 Å². The summed E-state index contributed by atoms with van der Waals surface area (Å²) in [6, 6.07) is 6.09. The maximum atomic E-state index is 15.2. The molecule has 30 heavy (non-hydrogen) atoms. The Bertz CT molecular complexity index is 992. The second kappa shape index (κ2) is 7.23. The van der Waals surface area contributed by atoms with Crippen LogP contribution in [0.3, 0.4) is 0 Å². The van der Waals surface area contributed by atoms with E-state index in [0.717, 1.165) is 5.56 Å². The zero-order valence-electron chi connectivity index (χ0n) is 16.8. The van der Waals surface area contributed by atoms with Gasteiger partial charge in [0, 0.05) is 17.9 Å². The quantitative estimate of drug-likeness (QED) is 0.701. The number of aromatic nitrogens is 2. The molecule has 0 saturated heterocycles. The van der Waals surface area contributed by atoms with Gasteiger partial charge >= 0.3 is 5.25 Å². The predicted molar refractivity (Wildman–Crippen MR) is 109 cm³/mol. The van der Waals surface area contributed by atoms with E-state index in [-0.39, 0.29) is 41.3 Å². The Morgan fingerprint density at radius 1 is 1.27 bits per heavy atom. The van der Waals surface area contributed by atoms with Gasteiger partial charge in [-0.1, -0.05) is 17.7 Å². The average molecular weight is 438 g/mol. The van der Waals surface area contributed by atoms with Gasteiger partial charge in [0.05, 0.1) is 11.3 Å². The van der Waals surface area contributed by atoms with Gasteiger partial charge in [-0.3, -0.25) is 9.48 Å². The third-order valence-electron chi connectivity index (χ3n) is 6.71. The molecule has 3 atom stereocenters. The van der Waals surface area contributed by atoms with Gasteiger partial charge in [-0.2, -0.15) is 13.9 Å².